The van der Waals surface area contributed by atoms with Crippen LogP contribution < -0.4 is 0 Å². The molecule has 0 saturated heterocycles. The Balaban J connectivity index is 1.57. The van der Waals surface area contributed by atoms with Crippen LogP contribution in [0.25, 0.3) is 15.9 Å². The van der Waals surface area contributed by atoms with Crippen LogP contribution >= 0.6 is 22.9 Å². The molecule has 6 heteroatoms. The van der Waals surface area contributed by atoms with Gasteiger partial charge in [0.25, 0.3) is 0 Å². The van der Waals surface area contributed by atoms with Gasteiger partial charge in [-0.15, -0.1) is 16.4 Å². The minimum Gasteiger partial charge on any atom is -0.225 e. The van der Waals surface area contributed by atoms with Crippen LogP contribution in [0, 0.1) is 13.8 Å². The molecule has 0 spiro atoms. The molecule has 1 aliphatic carbocycles. The Kier molecular flexibility index (Phi) is 3.00. The van der Waals surface area contributed by atoms with E-state index in [1.807, 2.05) is 16.6 Å². The van der Waals surface area contributed by atoms with E-state index >= 15 is 0 Å². The van der Waals surface area contributed by atoms with Gasteiger partial charge in [-0.05, 0) is 49.4 Å². The first kappa shape index (κ1) is 14.4. The van der Waals surface area contributed by atoms with Gasteiger partial charge in [0, 0.05) is 15.8 Å². The van der Waals surface area contributed by atoms with Crippen LogP contribution in [0.2, 0.25) is 5.02 Å². The van der Waals surface area contributed by atoms with Gasteiger partial charge in [-0.3, -0.25) is 0 Å². The van der Waals surface area contributed by atoms with Crippen molar-refractivity contribution in [2.24, 2.45) is 0 Å². The second-order valence-corrected chi connectivity index (χ2v) is 8.09. The zero-order chi connectivity index (χ0) is 16.4. The highest BCUT2D eigenvalue weighted by molar-refractivity contribution is 7.18. The lowest BCUT2D eigenvalue weighted by molar-refractivity contribution is 0.850. The number of aryl methyl sites for hydroxylation is 2. The van der Waals surface area contributed by atoms with Crippen molar-refractivity contribution in [3.63, 3.8) is 0 Å². The third kappa shape index (κ3) is 2.08. The zero-order valence-corrected chi connectivity index (χ0v) is 14.9. The molecule has 2 atom stereocenters. The van der Waals surface area contributed by atoms with E-state index in [4.69, 9.17) is 21.7 Å². The second kappa shape index (κ2) is 5.01. The Morgan fingerprint density at radius 3 is 2.75 bits per heavy atom. The van der Waals surface area contributed by atoms with Gasteiger partial charge in [-0.1, -0.05) is 23.7 Å². The fraction of sp³-hybridized carbons (Fsp3) is 0.278. The molecule has 0 aliphatic heterocycles. The van der Waals surface area contributed by atoms with Crippen LogP contribution in [0.3, 0.4) is 0 Å². The number of hydrogen-bond acceptors (Lipinski definition) is 4. The van der Waals surface area contributed by atoms with Gasteiger partial charge < -0.3 is 0 Å². The Bertz CT molecular complexity index is 1080. The Labute approximate surface area is 148 Å². The summed E-state index contributed by atoms with van der Waals surface area (Å²) >= 11 is 7.70. The number of hydrogen-bond donors (Lipinski definition) is 0. The molecule has 120 valence electrons. The first-order chi connectivity index (χ1) is 11.6. The van der Waals surface area contributed by atoms with E-state index in [2.05, 4.69) is 31.0 Å². The lowest BCUT2D eigenvalue weighted by Crippen LogP contribution is -1.91. The van der Waals surface area contributed by atoms with Gasteiger partial charge in [-0.25, -0.2) is 14.5 Å². The lowest BCUT2D eigenvalue weighted by atomic mass is 10.1. The quantitative estimate of drug-likeness (QED) is 0.515. The predicted molar refractivity (Wildman–Crippen MR) is 97.2 cm³/mol. The average molecular weight is 355 g/mol. The van der Waals surface area contributed by atoms with Crippen molar-refractivity contribution in [3.8, 4) is 0 Å². The van der Waals surface area contributed by atoms with E-state index in [0.29, 0.717) is 11.8 Å². The van der Waals surface area contributed by atoms with Gasteiger partial charge in [0.05, 0.1) is 5.39 Å². The van der Waals surface area contributed by atoms with Crippen LogP contribution in [0.5, 0.6) is 0 Å². The Hall–Kier alpha value is -1.98. The van der Waals surface area contributed by atoms with Crippen LogP contribution in [-0.2, 0) is 0 Å². The van der Waals surface area contributed by atoms with E-state index in [0.717, 1.165) is 33.1 Å². The molecule has 0 bridgehead atoms. The summed E-state index contributed by atoms with van der Waals surface area (Å²) in [7, 11) is 0. The number of fused-ring (bicyclic) bond motifs is 3. The lowest BCUT2D eigenvalue weighted by Gasteiger charge is -1.98. The third-order valence-corrected chi connectivity index (χ3v) is 6.31. The maximum absolute atomic E-state index is 5.98. The highest BCUT2D eigenvalue weighted by atomic mass is 35.5. The summed E-state index contributed by atoms with van der Waals surface area (Å²) < 4.78 is 1.83. The van der Waals surface area contributed by atoms with E-state index in [9.17, 15) is 0 Å². The van der Waals surface area contributed by atoms with Gasteiger partial charge in [-0.2, -0.15) is 0 Å². The molecule has 1 saturated carbocycles. The SMILES string of the molecule is Cc1sc2ncn3nc(C4CC4c4ccc(Cl)cc4)nc3c2c1C. The average Bonchev–Trinajstić information content (AvgIpc) is 3.16. The van der Waals surface area contributed by atoms with E-state index in [1.54, 1.807) is 17.7 Å². The standard InChI is InChI=1S/C18H15ClN4S/c1-9-10(2)24-18-15(9)17-21-16(22-23(17)8-20-18)14-7-13(14)11-3-5-12(19)6-4-11/h3-6,8,13-14H,7H2,1-2H3. The molecule has 1 aliphatic rings. The predicted octanol–water partition coefficient (Wildman–Crippen LogP) is 4.88. The van der Waals surface area contributed by atoms with Crippen molar-refractivity contribution in [2.45, 2.75) is 32.1 Å². The van der Waals surface area contributed by atoms with Gasteiger partial charge in [0.15, 0.2) is 11.5 Å². The number of halogens is 1. The van der Waals surface area contributed by atoms with Crippen molar-refractivity contribution in [1.82, 2.24) is 19.6 Å². The van der Waals surface area contributed by atoms with Crippen molar-refractivity contribution >= 4 is 38.8 Å². The molecule has 1 aromatic carbocycles. The monoisotopic (exact) mass is 354 g/mol. The van der Waals surface area contributed by atoms with Gasteiger partial charge in [0.2, 0.25) is 0 Å². The summed E-state index contributed by atoms with van der Waals surface area (Å²) in [5, 5.41) is 6.61. The van der Waals surface area contributed by atoms with Gasteiger partial charge >= 0.3 is 0 Å². The smallest absolute Gasteiger partial charge is 0.167 e. The van der Waals surface area contributed by atoms with E-state index in [-0.39, 0.29) is 0 Å². The first-order valence-corrected chi connectivity index (χ1v) is 9.17. The third-order valence-electron chi connectivity index (χ3n) is 4.94. The molecule has 24 heavy (non-hydrogen) atoms. The fourth-order valence-electron chi connectivity index (χ4n) is 3.38. The summed E-state index contributed by atoms with van der Waals surface area (Å²) in [5.74, 6) is 1.81. The van der Waals surface area contributed by atoms with Crippen molar-refractivity contribution in [2.75, 3.05) is 0 Å². The number of aromatic nitrogens is 4. The van der Waals surface area contributed by atoms with Crippen LogP contribution in [0.15, 0.2) is 30.6 Å². The van der Waals surface area contributed by atoms with Gasteiger partial charge in [0.1, 0.15) is 11.2 Å². The number of benzene rings is 1. The number of thiophene rings is 1. The van der Waals surface area contributed by atoms with E-state index in [1.165, 1.54) is 16.0 Å². The zero-order valence-electron chi connectivity index (χ0n) is 13.3. The van der Waals surface area contributed by atoms with Crippen LogP contribution in [0.4, 0.5) is 0 Å². The highest BCUT2D eigenvalue weighted by Crippen LogP contribution is 2.53. The molecular weight excluding hydrogens is 340 g/mol. The van der Waals surface area contributed by atoms with Crippen molar-refractivity contribution in [3.05, 3.63) is 57.4 Å². The maximum Gasteiger partial charge on any atom is 0.167 e. The van der Waals surface area contributed by atoms with Crippen molar-refractivity contribution in [1.29, 1.82) is 0 Å². The largest absolute Gasteiger partial charge is 0.225 e. The fourth-order valence-corrected chi connectivity index (χ4v) is 4.49. The van der Waals surface area contributed by atoms with Crippen LogP contribution in [0.1, 0.15) is 40.1 Å². The maximum atomic E-state index is 5.98. The number of nitrogens with zero attached hydrogens (tertiary/aromatic N) is 4. The highest BCUT2D eigenvalue weighted by Gasteiger charge is 2.42. The molecule has 2 unspecified atom stereocenters. The number of rotatable bonds is 2. The minimum atomic E-state index is 0.390. The summed E-state index contributed by atoms with van der Waals surface area (Å²) in [6.07, 6.45) is 2.87. The normalized spacial score (nSPS) is 20.1. The molecule has 4 aromatic rings. The first-order valence-electron chi connectivity index (χ1n) is 7.98. The molecule has 0 amide bonds. The topological polar surface area (TPSA) is 43.1 Å². The molecule has 3 heterocycles. The van der Waals surface area contributed by atoms with Crippen LogP contribution in [-0.4, -0.2) is 19.6 Å². The molecule has 1 fully saturated rings. The molecular formula is C18H15ClN4S. The summed E-state index contributed by atoms with van der Waals surface area (Å²) in [6.45, 7) is 4.27. The summed E-state index contributed by atoms with van der Waals surface area (Å²) in [5.41, 5.74) is 3.50. The molecule has 5 rings (SSSR count). The molecule has 3 aromatic heterocycles. The Morgan fingerprint density at radius 2 is 1.96 bits per heavy atom. The molecule has 0 N–H and O–H groups in total. The molecule has 0 radical (unpaired) electrons. The minimum absolute atomic E-state index is 0.390. The van der Waals surface area contributed by atoms with Crippen molar-refractivity contribution < 1.29 is 0 Å². The second-order valence-electron chi connectivity index (χ2n) is 6.45. The molecule has 4 nitrogen and oxygen atoms in total. The Morgan fingerprint density at radius 1 is 1.17 bits per heavy atom. The summed E-state index contributed by atoms with van der Waals surface area (Å²) in [4.78, 5) is 11.7. The summed E-state index contributed by atoms with van der Waals surface area (Å²) in [6, 6.07) is 8.12. The van der Waals surface area contributed by atoms with E-state index < -0.39 is 0 Å².